The molecular weight excluding hydrogens is 279 g/mol. The number of hydrogen-bond donors (Lipinski definition) is 2. The summed E-state index contributed by atoms with van der Waals surface area (Å²) in [4.78, 5) is -0.0930. The second-order valence-corrected chi connectivity index (χ2v) is 6.77. The van der Waals surface area contributed by atoms with Crippen LogP contribution in [-0.4, -0.2) is 14.5 Å². The highest BCUT2D eigenvalue weighted by Gasteiger charge is 2.18. The first-order chi connectivity index (χ1) is 9.36. The number of halogens is 1. The summed E-state index contributed by atoms with van der Waals surface area (Å²) < 4.78 is 40.0. The molecule has 0 aliphatic rings. The molecule has 0 radical (unpaired) electrons. The zero-order valence-corrected chi connectivity index (χ0v) is 12.8. The highest BCUT2D eigenvalue weighted by atomic mass is 32.2. The molecule has 0 fully saturated rings. The Kier molecular flexibility index (Phi) is 6.42. The predicted molar refractivity (Wildman–Crippen MR) is 79.4 cm³/mol. The number of benzene rings is 1. The third-order valence-electron chi connectivity index (χ3n) is 3.13. The molecule has 3 N–H and O–H groups in total. The van der Waals surface area contributed by atoms with Crippen molar-refractivity contribution in [2.45, 2.75) is 56.9 Å². The van der Waals surface area contributed by atoms with Gasteiger partial charge in [0.05, 0.1) is 10.6 Å². The fraction of sp³-hybridized carbons (Fsp3) is 0.571. The van der Waals surface area contributed by atoms with Crippen LogP contribution in [0.1, 0.15) is 46.0 Å². The zero-order chi connectivity index (χ0) is 15.2. The van der Waals surface area contributed by atoms with E-state index >= 15 is 0 Å². The van der Waals surface area contributed by atoms with E-state index < -0.39 is 15.8 Å². The number of unbranched alkanes of at least 4 members (excludes halogenated alkanes) is 3. The largest absolute Gasteiger partial charge is 0.396 e. The molecule has 0 bridgehead atoms. The third kappa shape index (κ3) is 5.09. The number of sulfonamides is 1. The van der Waals surface area contributed by atoms with Gasteiger partial charge in [-0.15, -0.1) is 0 Å². The van der Waals surface area contributed by atoms with E-state index in [4.69, 9.17) is 5.73 Å². The van der Waals surface area contributed by atoms with Crippen LogP contribution in [0.25, 0.3) is 0 Å². The minimum Gasteiger partial charge on any atom is -0.396 e. The van der Waals surface area contributed by atoms with Crippen LogP contribution >= 0.6 is 0 Å². The monoisotopic (exact) mass is 302 g/mol. The van der Waals surface area contributed by atoms with E-state index in [1.54, 1.807) is 0 Å². The van der Waals surface area contributed by atoms with Crippen molar-refractivity contribution in [3.8, 4) is 0 Å². The second kappa shape index (κ2) is 7.59. The molecule has 1 rings (SSSR count). The molecule has 0 spiro atoms. The Balaban J connectivity index is 2.62. The summed E-state index contributed by atoms with van der Waals surface area (Å²) in [5, 5.41) is 0. The molecule has 0 heterocycles. The van der Waals surface area contributed by atoms with E-state index in [0.29, 0.717) is 0 Å². The van der Waals surface area contributed by atoms with Gasteiger partial charge in [-0.2, -0.15) is 0 Å². The van der Waals surface area contributed by atoms with Crippen molar-refractivity contribution in [3.63, 3.8) is 0 Å². The summed E-state index contributed by atoms with van der Waals surface area (Å²) in [5.74, 6) is -0.719. The molecule has 1 unspecified atom stereocenters. The molecule has 4 nitrogen and oxygen atoms in total. The van der Waals surface area contributed by atoms with Crippen molar-refractivity contribution in [2.24, 2.45) is 0 Å². The number of hydrogen-bond acceptors (Lipinski definition) is 3. The molecule has 20 heavy (non-hydrogen) atoms. The van der Waals surface area contributed by atoms with Crippen LogP contribution in [0.4, 0.5) is 10.1 Å². The Morgan fingerprint density at radius 1 is 1.30 bits per heavy atom. The maximum absolute atomic E-state index is 13.3. The number of anilines is 1. The first kappa shape index (κ1) is 16.9. The van der Waals surface area contributed by atoms with E-state index in [1.807, 2.05) is 6.92 Å². The summed E-state index contributed by atoms with van der Waals surface area (Å²) >= 11 is 0. The lowest BCUT2D eigenvalue weighted by atomic mass is 10.1. The van der Waals surface area contributed by atoms with Gasteiger partial charge in [-0.3, -0.25) is 0 Å². The van der Waals surface area contributed by atoms with Gasteiger partial charge < -0.3 is 5.73 Å². The van der Waals surface area contributed by atoms with Crippen molar-refractivity contribution < 1.29 is 12.8 Å². The van der Waals surface area contributed by atoms with Gasteiger partial charge in [0.2, 0.25) is 10.0 Å². The van der Waals surface area contributed by atoms with Gasteiger partial charge >= 0.3 is 0 Å². The molecule has 0 amide bonds. The first-order valence-electron chi connectivity index (χ1n) is 6.94. The van der Waals surface area contributed by atoms with Crippen LogP contribution < -0.4 is 10.5 Å². The molecule has 0 aliphatic heterocycles. The Bertz CT molecular complexity index is 532. The van der Waals surface area contributed by atoms with Crippen LogP contribution in [0.5, 0.6) is 0 Å². The van der Waals surface area contributed by atoms with E-state index in [9.17, 15) is 12.8 Å². The summed E-state index contributed by atoms with van der Waals surface area (Å²) in [6, 6.07) is 3.35. The lowest BCUT2D eigenvalue weighted by molar-refractivity contribution is 0.521. The standard InChI is InChI=1S/C14H23FN2O2S/c1-3-4-5-6-7-11(2)17-20(18,19)12-8-9-14(16)13(15)10-12/h8-11,17H,3-7,16H2,1-2H3. The Hall–Kier alpha value is -1.14. The van der Waals surface area contributed by atoms with Gasteiger partial charge in [0.25, 0.3) is 0 Å². The molecule has 0 aromatic heterocycles. The van der Waals surface area contributed by atoms with Crippen molar-refractivity contribution in [1.82, 2.24) is 4.72 Å². The fourth-order valence-electron chi connectivity index (χ4n) is 1.94. The number of nitrogens with one attached hydrogen (secondary N) is 1. The van der Waals surface area contributed by atoms with E-state index in [-0.39, 0.29) is 16.6 Å². The van der Waals surface area contributed by atoms with Gasteiger partial charge in [-0.05, 0) is 31.5 Å². The summed E-state index contributed by atoms with van der Waals surface area (Å²) in [6.07, 6.45) is 5.15. The smallest absolute Gasteiger partial charge is 0.240 e. The average molecular weight is 302 g/mol. The molecule has 0 saturated carbocycles. The molecule has 1 atom stereocenters. The molecule has 1 aromatic rings. The van der Waals surface area contributed by atoms with Crippen LogP contribution in [-0.2, 0) is 10.0 Å². The highest BCUT2D eigenvalue weighted by Crippen LogP contribution is 2.17. The Morgan fingerprint density at radius 2 is 2.00 bits per heavy atom. The van der Waals surface area contributed by atoms with Crippen LogP contribution in [0.2, 0.25) is 0 Å². The molecule has 6 heteroatoms. The Labute approximate surface area is 120 Å². The lowest BCUT2D eigenvalue weighted by Crippen LogP contribution is -2.32. The van der Waals surface area contributed by atoms with Gasteiger partial charge in [-0.1, -0.05) is 32.6 Å². The minimum absolute atomic E-state index is 0.0587. The van der Waals surface area contributed by atoms with Crippen molar-refractivity contribution >= 4 is 15.7 Å². The summed E-state index contributed by atoms with van der Waals surface area (Å²) in [7, 11) is -3.69. The minimum atomic E-state index is -3.69. The SMILES string of the molecule is CCCCCCC(C)NS(=O)(=O)c1ccc(N)c(F)c1. The van der Waals surface area contributed by atoms with Gasteiger partial charge in [-0.25, -0.2) is 17.5 Å². The van der Waals surface area contributed by atoms with E-state index in [0.717, 1.165) is 38.2 Å². The number of nitrogen functional groups attached to an aromatic ring is 1. The third-order valence-corrected chi connectivity index (χ3v) is 4.72. The maximum atomic E-state index is 13.3. The summed E-state index contributed by atoms with van der Waals surface area (Å²) in [6.45, 7) is 3.94. The van der Waals surface area contributed by atoms with Gasteiger partial charge in [0, 0.05) is 6.04 Å². The predicted octanol–water partition coefficient (Wildman–Crippen LogP) is 3.05. The molecular formula is C14H23FN2O2S. The molecule has 114 valence electrons. The number of rotatable bonds is 8. The zero-order valence-electron chi connectivity index (χ0n) is 12.0. The molecule has 0 aliphatic carbocycles. The second-order valence-electron chi connectivity index (χ2n) is 5.05. The maximum Gasteiger partial charge on any atom is 0.240 e. The van der Waals surface area contributed by atoms with Crippen LogP contribution in [0.15, 0.2) is 23.1 Å². The highest BCUT2D eigenvalue weighted by molar-refractivity contribution is 7.89. The van der Waals surface area contributed by atoms with Gasteiger partial charge in [0.15, 0.2) is 0 Å². The average Bonchev–Trinajstić information content (AvgIpc) is 2.37. The normalized spacial score (nSPS) is 13.3. The number of nitrogens with two attached hydrogens (primary N) is 1. The van der Waals surface area contributed by atoms with Gasteiger partial charge in [0.1, 0.15) is 5.82 Å². The van der Waals surface area contributed by atoms with E-state index in [1.165, 1.54) is 12.1 Å². The van der Waals surface area contributed by atoms with Crippen molar-refractivity contribution in [3.05, 3.63) is 24.0 Å². The van der Waals surface area contributed by atoms with Crippen LogP contribution in [0.3, 0.4) is 0 Å². The summed E-state index contributed by atoms with van der Waals surface area (Å²) in [5.41, 5.74) is 5.28. The van der Waals surface area contributed by atoms with Crippen molar-refractivity contribution in [1.29, 1.82) is 0 Å². The molecule has 0 saturated heterocycles. The van der Waals surface area contributed by atoms with Crippen molar-refractivity contribution in [2.75, 3.05) is 5.73 Å². The fourth-order valence-corrected chi connectivity index (χ4v) is 3.23. The molecule has 1 aromatic carbocycles. The lowest BCUT2D eigenvalue weighted by Gasteiger charge is -2.14. The Morgan fingerprint density at radius 3 is 2.60 bits per heavy atom. The topological polar surface area (TPSA) is 72.2 Å². The van der Waals surface area contributed by atoms with Crippen LogP contribution in [0, 0.1) is 5.82 Å². The van der Waals surface area contributed by atoms with E-state index in [2.05, 4.69) is 11.6 Å². The quantitative estimate of drug-likeness (QED) is 0.572. The first-order valence-corrected chi connectivity index (χ1v) is 8.42.